The average Bonchev–Trinajstić information content (AvgIpc) is 2.93. The third kappa shape index (κ3) is 2.01. The van der Waals surface area contributed by atoms with Crippen molar-refractivity contribution in [3.63, 3.8) is 0 Å². The first-order chi connectivity index (χ1) is 8.73. The molecule has 2 saturated carbocycles. The molecule has 6 heteroatoms. The van der Waals surface area contributed by atoms with Crippen LogP contribution < -0.4 is 11.1 Å². The molecular formula is C12H18N4O2. The normalized spacial score (nSPS) is 22.1. The summed E-state index contributed by atoms with van der Waals surface area (Å²) in [6.07, 6.45) is 6.01. The highest BCUT2D eigenvalue weighted by molar-refractivity contribution is 5.94. The van der Waals surface area contributed by atoms with Gasteiger partial charge < -0.3 is 10.2 Å². The number of nitrogens with two attached hydrogens (primary N) is 1. The van der Waals surface area contributed by atoms with E-state index < -0.39 is 5.41 Å². The topological polar surface area (TPSA) is 94.0 Å². The average molecular weight is 250 g/mol. The first kappa shape index (κ1) is 11.6. The zero-order valence-electron chi connectivity index (χ0n) is 10.3. The van der Waals surface area contributed by atoms with Crippen molar-refractivity contribution in [2.45, 2.75) is 44.4 Å². The summed E-state index contributed by atoms with van der Waals surface area (Å²) in [6.45, 7) is 0.377. The zero-order valence-corrected chi connectivity index (χ0v) is 10.3. The van der Waals surface area contributed by atoms with Crippen LogP contribution in [0.1, 0.15) is 50.3 Å². The summed E-state index contributed by atoms with van der Waals surface area (Å²) in [4.78, 5) is 12.2. The van der Waals surface area contributed by atoms with Crippen LogP contribution in [-0.2, 0) is 4.79 Å². The van der Waals surface area contributed by atoms with E-state index in [2.05, 4.69) is 15.5 Å². The minimum atomic E-state index is -0.436. The molecular weight excluding hydrogens is 232 g/mol. The molecule has 1 amide bonds. The Bertz CT molecular complexity index is 447. The van der Waals surface area contributed by atoms with Crippen molar-refractivity contribution in [2.75, 3.05) is 11.9 Å². The maximum absolute atomic E-state index is 12.2. The third-order valence-electron chi connectivity index (χ3n) is 4.02. The first-order valence-corrected chi connectivity index (χ1v) is 6.58. The zero-order chi connectivity index (χ0) is 12.6. The fraction of sp³-hybridized carbons (Fsp3) is 0.750. The smallest absolute Gasteiger partial charge is 0.322 e. The van der Waals surface area contributed by atoms with Gasteiger partial charge in [0.2, 0.25) is 11.8 Å². The quantitative estimate of drug-likeness (QED) is 0.842. The number of amides is 1. The van der Waals surface area contributed by atoms with Gasteiger partial charge in [-0.15, -0.1) is 5.10 Å². The molecule has 0 radical (unpaired) electrons. The molecule has 1 aromatic heterocycles. The van der Waals surface area contributed by atoms with E-state index in [-0.39, 0.29) is 11.9 Å². The Morgan fingerprint density at radius 1 is 1.39 bits per heavy atom. The predicted octanol–water partition coefficient (Wildman–Crippen LogP) is 1.40. The van der Waals surface area contributed by atoms with Crippen LogP contribution in [0.5, 0.6) is 0 Å². The lowest BCUT2D eigenvalue weighted by Crippen LogP contribution is -2.40. The number of carbonyl (C=O) groups excluding carboxylic acids is 1. The van der Waals surface area contributed by atoms with Gasteiger partial charge in [0.05, 0.1) is 5.41 Å². The molecule has 0 saturated heterocycles. The second-order valence-electron chi connectivity index (χ2n) is 5.37. The van der Waals surface area contributed by atoms with Gasteiger partial charge in [0.15, 0.2) is 0 Å². The highest BCUT2D eigenvalue weighted by Gasteiger charge is 2.40. The lowest BCUT2D eigenvalue weighted by Gasteiger charge is -2.24. The van der Waals surface area contributed by atoms with Crippen LogP contribution in [0.4, 0.5) is 6.01 Å². The third-order valence-corrected chi connectivity index (χ3v) is 4.02. The number of hydrogen-bond donors (Lipinski definition) is 2. The van der Waals surface area contributed by atoms with Crippen LogP contribution in [0, 0.1) is 5.41 Å². The number of carbonyl (C=O) groups is 1. The molecule has 6 nitrogen and oxygen atoms in total. The number of nitrogens with one attached hydrogen (secondary N) is 1. The van der Waals surface area contributed by atoms with Gasteiger partial charge in [-0.05, 0) is 25.7 Å². The van der Waals surface area contributed by atoms with Crippen LogP contribution in [0.3, 0.4) is 0 Å². The molecule has 0 bridgehead atoms. The van der Waals surface area contributed by atoms with Crippen LogP contribution in [0.25, 0.3) is 0 Å². The molecule has 1 aromatic rings. The molecule has 98 valence electrons. The Morgan fingerprint density at radius 3 is 2.72 bits per heavy atom. The van der Waals surface area contributed by atoms with Crippen LogP contribution in [0.15, 0.2) is 4.42 Å². The van der Waals surface area contributed by atoms with Crippen molar-refractivity contribution < 1.29 is 9.21 Å². The Kier molecular flexibility index (Phi) is 2.81. The van der Waals surface area contributed by atoms with Crippen LogP contribution >= 0.6 is 0 Å². The lowest BCUT2D eigenvalue weighted by molar-refractivity contribution is -0.125. The summed E-state index contributed by atoms with van der Waals surface area (Å²) < 4.78 is 5.43. The van der Waals surface area contributed by atoms with Gasteiger partial charge in [-0.2, -0.15) is 0 Å². The molecule has 0 unspecified atom stereocenters. The molecule has 0 aliphatic heterocycles. The van der Waals surface area contributed by atoms with E-state index in [1.54, 1.807) is 0 Å². The minimum Gasteiger partial charge on any atom is -0.408 e. The van der Waals surface area contributed by atoms with Gasteiger partial charge in [-0.3, -0.25) is 10.1 Å². The monoisotopic (exact) mass is 250 g/mol. The SMILES string of the molecule is NCC1(C(=O)Nc2nnc(C3CC3)o2)CCCC1. The van der Waals surface area contributed by atoms with Crippen molar-refractivity contribution in [3.8, 4) is 0 Å². The van der Waals surface area contributed by atoms with Crippen LogP contribution in [0.2, 0.25) is 0 Å². The van der Waals surface area contributed by atoms with E-state index in [4.69, 9.17) is 10.2 Å². The molecule has 18 heavy (non-hydrogen) atoms. The number of nitrogens with zero attached hydrogens (tertiary/aromatic N) is 2. The standard InChI is InChI=1S/C12H18N4O2/c13-7-12(5-1-2-6-12)10(17)14-11-16-15-9(18-11)8-3-4-8/h8H,1-7,13H2,(H,14,16,17). The Balaban J connectivity index is 1.68. The van der Waals surface area contributed by atoms with Gasteiger partial charge in [0, 0.05) is 12.5 Å². The summed E-state index contributed by atoms with van der Waals surface area (Å²) in [7, 11) is 0. The molecule has 2 aliphatic rings. The second-order valence-corrected chi connectivity index (χ2v) is 5.37. The van der Waals surface area contributed by atoms with E-state index in [0.717, 1.165) is 38.5 Å². The predicted molar refractivity (Wildman–Crippen MR) is 64.9 cm³/mol. The summed E-state index contributed by atoms with van der Waals surface area (Å²) in [5.74, 6) is 0.963. The Morgan fingerprint density at radius 2 is 2.11 bits per heavy atom. The maximum atomic E-state index is 12.2. The van der Waals surface area contributed by atoms with Gasteiger partial charge >= 0.3 is 6.01 Å². The molecule has 2 fully saturated rings. The Labute approximate surface area is 105 Å². The summed E-state index contributed by atoms with van der Waals surface area (Å²) in [5, 5.41) is 10.5. The minimum absolute atomic E-state index is 0.0755. The van der Waals surface area contributed by atoms with Crippen molar-refractivity contribution in [1.29, 1.82) is 0 Å². The van der Waals surface area contributed by atoms with Crippen molar-refractivity contribution in [1.82, 2.24) is 10.2 Å². The largest absolute Gasteiger partial charge is 0.408 e. The van der Waals surface area contributed by atoms with Crippen molar-refractivity contribution in [2.24, 2.45) is 11.1 Å². The number of anilines is 1. The number of aromatic nitrogens is 2. The van der Waals surface area contributed by atoms with Gasteiger partial charge in [0.25, 0.3) is 0 Å². The van der Waals surface area contributed by atoms with E-state index in [1.807, 2.05) is 0 Å². The van der Waals surface area contributed by atoms with Crippen molar-refractivity contribution >= 4 is 11.9 Å². The molecule has 3 N–H and O–H groups in total. The van der Waals surface area contributed by atoms with E-state index in [9.17, 15) is 4.79 Å². The van der Waals surface area contributed by atoms with E-state index >= 15 is 0 Å². The second kappa shape index (κ2) is 4.35. The molecule has 0 aromatic carbocycles. The van der Waals surface area contributed by atoms with Crippen LogP contribution in [-0.4, -0.2) is 22.6 Å². The van der Waals surface area contributed by atoms with E-state index in [1.165, 1.54) is 0 Å². The van der Waals surface area contributed by atoms with Gasteiger partial charge in [0.1, 0.15) is 0 Å². The fourth-order valence-corrected chi connectivity index (χ4v) is 2.59. The van der Waals surface area contributed by atoms with Gasteiger partial charge in [-0.1, -0.05) is 17.9 Å². The first-order valence-electron chi connectivity index (χ1n) is 6.58. The molecule has 0 spiro atoms. The summed E-state index contributed by atoms with van der Waals surface area (Å²) in [5.41, 5.74) is 5.32. The molecule has 1 heterocycles. The Hall–Kier alpha value is -1.43. The lowest BCUT2D eigenvalue weighted by atomic mass is 9.85. The molecule has 0 atom stereocenters. The highest BCUT2D eigenvalue weighted by atomic mass is 16.4. The van der Waals surface area contributed by atoms with Gasteiger partial charge in [-0.25, -0.2) is 0 Å². The fourth-order valence-electron chi connectivity index (χ4n) is 2.59. The highest BCUT2D eigenvalue weighted by Crippen LogP contribution is 2.40. The number of hydrogen-bond acceptors (Lipinski definition) is 5. The maximum Gasteiger partial charge on any atom is 0.322 e. The summed E-state index contributed by atoms with van der Waals surface area (Å²) >= 11 is 0. The van der Waals surface area contributed by atoms with E-state index in [0.29, 0.717) is 18.4 Å². The molecule has 3 rings (SSSR count). The summed E-state index contributed by atoms with van der Waals surface area (Å²) in [6, 6.07) is 0.210. The number of rotatable bonds is 4. The van der Waals surface area contributed by atoms with Crippen molar-refractivity contribution in [3.05, 3.63) is 5.89 Å². The molecule has 2 aliphatic carbocycles.